The molecule has 1 aliphatic heterocycles. The Hall–Kier alpha value is -1.42. The average Bonchev–Trinajstić information content (AvgIpc) is 2.96. The van der Waals surface area contributed by atoms with Crippen LogP contribution in [0.25, 0.3) is 0 Å². The molecule has 3 rings (SSSR count). The standard InChI is InChI=1S/C16H14Br2N2O4S/c17-11-1-4-15(13(18)8-11)24-9-16(21)20-6-5-10-7-12(25(19,22)23)2-3-14(10)20/h1-4,7-8H,5-6,9H2,(H2,19,22,23). The Morgan fingerprint density at radius 3 is 2.64 bits per heavy atom. The van der Waals surface area contributed by atoms with E-state index < -0.39 is 10.0 Å². The molecular formula is C16H14Br2N2O4S. The average molecular weight is 490 g/mol. The Bertz CT molecular complexity index is 947. The van der Waals surface area contributed by atoms with Crippen molar-refractivity contribution in [2.45, 2.75) is 11.3 Å². The lowest BCUT2D eigenvalue weighted by molar-refractivity contribution is -0.120. The van der Waals surface area contributed by atoms with Gasteiger partial charge in [-0.3, -0.25) is 4.79 Å². The first kappa shape index (κ1) is 18.4. The predicted octanol–water partition coefficient (Wildman–Crippen LogP) is 2.83. The van der Waals surface area contributed by atoms with Gasteiger partial charge in [0.25, 0.3) is 5.91 Å². The number of nitrogens with two attached hydrogens (primary N) is 1. The van der Waals surface area contributed by atoms with Gasteiger partial charge in [0.1, 0.15) is 5.75 Å². The second kappa shape index (κ2) is 7.06. The summed E-state index contributed by atoms with van der Waals surface area (Å²) in [4.78, 5) is 14.1. The van der Waals surface area contributed by atoms with E-state index in [9.17, 15) is 13.2 Å². The van der Waals surface area contributed by atoms with Gasteiger partial charge >= 0.3 is 0 Å². The van der Waals surface area contributed by atoms with Gasteiger partial charge in [-0.1, -0.05) is 15.9 Å². The largest absolute Gasteiger partial charge is 0.483 e. The molecule has 0 saturated carbocycles. The lowest BCUT2D eigenvalue weighted by atomic mass is 10.2. The van der Waals surface area contributed by atoms with Crippen LogP contribution in [0.1, 0.15) is 5.56 Å². The first-order valence-electron chi connectivity index (χ1n) is 7.29. The zero-order valence-electron chi connectivity index (χ0n) is 12.9. The number of sulfonamides is 1. The zero-order valence-corrected chi connectivity index (χ0v) is 16.9. The quantitative estimate of drug-likeness (QED) is 0.714. The molecule has 9 heteroatoms. The maximum absolute atomic E-state index is 12.5. The van der Waals surface area contributed by atoms with Crippen LogP contribution in [0.3, 0.4) is 0 Å². The second-order valence-corrected chi connectivity index (χ2v) is 8.83. The highest BCUT2D eigenvalue weighted by atomic mass is 79.9. The van der Waals surface area contributed by atoms with Gasteiger partial charge in [0.2, 0.25) is 10.0 Å². The minimum atomic E-state index is -3.75. The van der Waals surface area contributed by atoms with Gasteiger partial charge in [0, 0.05) is 16.7 Å². The van der Waals surface area contributed by atoms with Gasteiger partial charge in [0.05, 0.1) is 9.37 Å². The van der Waals surface area contributed by atoms with Gasteiger partial charge in [-0.15, -0.1) is 0 Å². The van der Waals surface area contributed by atoms with Crippen molar-refractivity contribution in [2.75, 3.05) is 18.1 Å². The molecule has 0 spiro atoms. The Balaban J connectivity index is 1.73. The molecule has 0 unspecified atom stereocenters. The van der Waals surface area contributed by atoms with Crippen LogP contribution in [0.15, 0.2) is 50.2 Å². The van der Waals surface area contributed by atoms with E-state index in [1.165, 1.54) is 12.1 Å². The van der Waals surface area contributed by atoms with Crippen molar-refractivity contribution >= 4 is 53.5 Å². The smallest absolute Gasteiger partial charge is 0.264 e. The summed E-state index contributed by atoms with van der Waals surface area (Å²) < 4.78 is 30.1. The lowest BCUT2D eigenvalue weighted by Gasteiger charge is -2.18. The third-order valence-corrected chi connectivity index (χ3v) is 5.85. The first-order valence-corrected chi connectivity index (χ1v) is 10.4. The third-order valence-electron chi connectivity index (χ3n) is 3.82. The molecule has 1 heterocycles. The topological polar surface area (TPSA) is 89.7 Å². The Morgan fingerprint density at radius 2 is 1.96 bits per heavy atom. The van der Waals surface area contributed by atoms with E-state index >= 15 is 0 Å². The molecule has 2 N–H and O–H groups in total. The predicted molar refractivity (Wildman–Crippen MR) is 101 cm³/mol. The second-order valence-electron chi connectivity index (χ2n) is 5.49. The van der Waals surface area contributed by atoms with Gasteiger partial charge < -0.3 is 9.64 Å². The van der Waals surface area contributed by atoms with Gasteiger partial charge in [-0.2, -0.15) is 0 Å². The fraction of sp³-hybridized carbons (Fsp3) is 0.188. The number of halogens is 2. The molecule has 132 valence electrons. The Morgan fingerprint density at radius 1 is 1.20 bits per heavy atom. The summed E-state index contributed by atoms with van der Waals surface area (Å²) in [5.74, 6) is 0.373. The van der Waals surface area contributed by atoms with Crippen molar-refractivity contribution in [3.63, 3.8) is 0 Å². The SMILES string of the molecule is NS(=O)(=O)c1ccc2c(c1)CCN2C(=O)COc1ccc(Br)cc1Br. The van der Waals surface area contributed by atoms with Crippen LogP contribution in [0.5, 0.6) is 5.75 Å². The van der Waals surface area contributed by atoms with Gasteiger partial charge in [-0.25, -0.2) is 13.6 Å². The molecule has 0 atom stereocenters. The van der Waals surface area contributed by atoms with Crippen LogP contribution in [-0.2, 0) is 21.2 Å². The number of carbonyl (C=O) groups is 1. The molecule has 0 aliphatic carbocycles. The van der Waals surface area contributed by atoms with E-state index in [0.717, 1.165) is 14.5 Å². The fourth-order valence-corrected chi connectivity index (χ4v) is 4.35. The molecule has 1 amide bonds. The van der Waals surface area contributed by atoms with Crippen molar-refractivity contribution in [3.05, 3.63) is 50.9 Å². The maximum Gasteiger partial charge on any atom is 0.264 e. The molecule has 2 aromatic carbocycles. The van der Waals surface area contributed by atoms with Crippen molar-refractivity contribution in [1.82, 2.24) is 0 Å². The molecule has 0 fully saturated rings. The van der Waals surface area contributed by atoms with Crippen LogP contribution >= 0.6 is 31.9 Å². The number of anilines is 1. The van der Waals surface area contributed by atoms with E-state index in [0.29, 0.717) is 24.4 Å². The molecule has 0 saturated heterocycles. The highest BCUT2D eigenvalue weighted by Gasteiger charge is 2.26. The highest BCUT2D eigenvalue weighted by Crippen LogP contribution is 2.31. The van der Waals surface area contributed by atoms with E-state index in [2.05, 4.69) is 31.9 Å². The molecule has 2 aromatic rings. The van der Waals surface area contributed by atoms with Crippen molar-refractivity contribution in [2.24, 2.45) is 5.14 Å². The summed E-state index contributed by atoms with van der Waals surface area (Å²) in [7, 11) is -3.75. The van der Waals surface area contributed by atoms with E-state index in [4.69, 9.17) is 9.88 Å². The number of carbonyl (C=O) groups excluding carboxylic acids is 1. The van der Waals surface area contributed by atoms with Crippen LogP contribution < -0.4 is 14.8 Å². The van der Waals surface area contributed by atoms with Crippen molar-refractivity contribution in [1.29, 1.82) is 0 Å². The molecule has 6 nitrogen and oxygen atoms in total. The number of benzene rings is 2. The van der Waals surface area contributed by atoms with E-state index in [-0.39, 0.29) is 17.4 Å². The zero-order chi connectivity index (χ0) is 18.2. The van der Waals surface area contributed by atoms with E-state index in [1.54, 1.807) is 17.0 Å². The van der Waals surface area contributed by atoms with Crippen molar-refractivity contribution < 1.29 is 17.9 Å². The Labute approximate surface area is 162 Å². The summed E-state index contributed by atoms with van der Waals surface area (Å²) in [5, 5.41) is 5.15. The summed E-state index contributed by atoms with van der Waals surface area (Å²) in [6.07, 6.45) is 0.576. The summed E-state index contributed by atoms with van der Waals surface area (Å²) in [5.41, 5.74) is 1.47. The third kappa shape index (κ3) is 4.05. The number of amides is 1. The number of hydrogen-bond donors (Lipinski definition) is 1. The van der Waals surface area contributed by atoms with Crippen LogP contribution in [-0.4, -0.2) is 27.5 Å². The summed E-state index contributed by atoms with van der Waals surface area (Å²) >= 11 is 6.74. The first-order chi connectivity index (χ1) is 11.8. The van der Waals surface area contributed by atoms with Crippen LogP contribution in [0.4, 0.5) is 5.69 Å². The fourth-order valence-electron chi connectivity index (χ4n) is 2.62. The number of hydrogen-bond acceptors (Lipinski definition) is 4. The molecule has 0 aromatic heterocycles. The minimum absolute atomic E-state index is 0.0515. The molecule has 0 radical (unpaired) electrons. The number of rotatable bonds is 4. The minimum Gasteiger partial charge on any atom is -0.483 e. The number of ether oxygens (including phenoxy) is 1. The van der Waals surface area contributed by atoms with Crippen LogP contribution in [0, 0.1) is 0 Å². The van der Waals surface area contributed by atoms with Crippen molar-refractivity contribution in [3.8, 4) is 5.75 Å². The van der Waals surface area contributed by atoms with Crippen LogP contribution in [0.2, 0.25) is 0 Å². The van der Waals surface area contributed by atoms with Gasteiger partial charge in [-0.05, 0) is 64.3 Å². The molecule has 0 bridgehead atoms. The molecule has 25 heavy (non-hydrogen) atoms. The maximum atomic E-state index is 12.5. The number of primary sulfonamides is 1. The monoisotopic (exact) mass is 488 g/mol. The lowest BCUT2D eigenvalue weighted by Crippen LogP contribution is -2.33. The highest BCUT2D eigenvalue weighted by molar-refractivity contribution is 9.11. The summed E-state index contributed by atoms with van der Waals surface area (Å²) in [6, 6.07) is 9.95. The number of nitrogens with zero attached hydrogens (tertiary/aromatic N) is 1. The summed E-state index contributed by atoms with van der Waals surface area (Å²) in [6.45, 7) is 0.365. The molecular weight excluding hydrogens is 476 g/mol. The normalized spacial score (nSPS) is 13.6. The number of fused-ring (bicyclic) bond motifs is 1. The van der Waals surface area contributed by atoms with E-state index in [1.807, 2.05) is 12.1 Å². The Kier molecular flexibility index (Phi) is 5.19. The molecule has 1 aliphatic rings. The van der Waals surface area contributed by atoms with Gasteiger partial charge in [0.15, 0.2) is 6.61 Å².